The van der Waals surface area contributed by atoms with Crippen molar-refractivity contribution in [2.24, 2.45) is 11.1 Å². The summed E-state index contributed by atoms with van der Waals surface area (Å²) >= 11 is 0. The molecule has 0 aromatic heterocycles. The maximum Gasteiger partial charge on any atom is 0.00614 e. The van der Waals surface area contributed by atoms with Gasteiger partial charge in [-0.3, -0.25) is 0 Å². The third-order valence-electron chi connectivity index (χ3n) is 4.03. The van der Waals surface area contributed by atoms with Gasteiger partial charge in [0.25, 0.3) is 0 Å². The highest BCUT2D eigenvalue weighted by Crippen LogP contribution is 2.37. The van der Waals surface area contributed by atoms with Crippen LogP contribution in [0, 0.1) is 5.41 Å². The molecule has 0 radical (unpaired) electrons. The predicted molar refractivity (Wildman–Crippen MR) is 62.3 cm³/mol. The van der Waals surface area contributed by atoms with Crippen molar-refractivity contribution in [1.82, 2.24) is 4.90 Å². The van der Waals surface area contributed by atoms with Gasteiger partial charge in [-0.05, 0) is 45.2 Å². The lowest BCUT2D eigenvalue weighted by atomic mass is 9.85. The number of rotatable bonds is 5. The Balaban J connectivity index is 2.47. The Morgan fingerprint density at radius 3 is 2.36 bits per heavy atom. The maximum absolute atomic E-state index is 5.93. The molecule has 1 rings (SSSR count). The molecule has 84 valence electrons. The van der Waals surface area contributed by atoms with Gasteiger partial charge in [0.1, 0.15) is 0 Å². The normalized spacial score (nSPS) is 22.9. The predicted octanol–water partition coefficient (Wildman–Crippen LogP) is 2.24. The summed E-state index contributed by atoms with van der Waals surface area (Å²) < 4.78 is 0. The van der Waals surface area contributed by atoms with Crippen LogP contribution >= 0.6 is 0 Å². The summed E-state index contributed by atoms with van der Waals surface area (Å²) in [6, 6.07) is 0.694. The van der Waals surface area contributed by atoms with Crippen molar-refractivity contribution < 1.29 is 0 Å². The van der Waals surface area contributed by atoms with Crippen LogP contribution in [0.4, 0.5) is 0 Å². The quantitative estimate of drug-likeness (QED) is 0.734. The standard InChI is InChI=1S/C12H26N2/c1-4-11(2)14(3)10-12(9-13)7-5-6-8-12/h11H,4-10,13H2,1-3H3. The Hall–Kier alpha value is -0.0800. The molecule has 0 saturated heterocycles. The van der Waals surface area contributed by atoms with Crippen molar-refractivity contribution in [3.8, 4) is 0 Å². The zero-order valence-corrected chi connectivity index (χ0v) is 10.1. The van der Waals surface area contributed by atoms with Crippen LogP contribution in [0.3, 0.4) is 0 Å². The van der Waals surface area contributed by atoms with Crippen molar-refractivity contribution in [1.29, 1.82) is 0 Å². The number of nitrogens with two attached hydrogens (primary N) is 1. The smallest absolute Gasteiger partial charge is 0.00614 e. The largest absolute Gasteiger partial charge is 0.330 e. The minimum atomic E-state index is 0.443. The van der Waals surface area contributed by atoms with Crippen molar-refractivity contribution in [2.75, 3.05) is 20.1 Å². The molecule has 1 aliphatic carbocycles. The molecule has 1 atom stereocenters. The molecule has 14 heavy (non-hydrogen) atoms. The van der Waals surface area contributed by atoms with E-state index in [9.17, 15) is 0 Å². The number of hydrogen-bond acceptors (Lipinski definition) is 2. The highest BCUT2D eigenvalue weighted by atomic mass is 15.1. The zero-order chi connectivity index (χ0) is 10.6. The van der Waals surface area contributed by atoms with Crippen LogP contribution in [-0.4, -0.2) is 31.1 Å². The van der Waals surface area contributed by atoms with Crippen molar-refractivity contribution in [2.45, 2.75) is 52.0 Å². The van der Waals surface area contributed by atoms with Gasteiger partial charge in [0.2, 0.25) is 0 Å². The van der Waals surface area contributed by atoms with Crippen molar-refractivity contribution in [3.05, 3.63) is 0 Å². The van der Waals surface area contributed by atoms with E-state index >= 15 is 0 Å². The van der Waals surface area contributed by atoms with E-state index in [4.69, 9.17) is 5.73 Å². The first-order valence-electron chi connectivity index (χ1n) is 6.04. The fraction of sp³-hybridized carbons (Fsp3) is 1.00. The Morgan fingerprint density at radius 2 is 1.93 bits per heavy atom. The fourth-order valence-electron chi connectivity index (χ4n) is 2.55. The average Bonchev–Trinajstić information content (AvgIpc) is 2.65. The topological polar surface area (TPSA) is 29.3 Å². The van der Waals surface area contributed by atoms with Crippen molar-refractivity contribution >= 4 is 0 Å². The molecule has 2 heteroatoms. The monoisotopic (exact) mass is 198 g/mol. The molecule has 2 nitrogen and oxygen atoms in total. The van der Waals surface area contributed by atoms with Gasteiger partial charge < -0.3 is 10.6 Å². The molecule has 0 aliphatic heterocycles. The van der Waals surface area contributed by atoms with Crippen LogP contribution in [0.15, 0.2) is 0 Å². The van der Waals surface area contributed by atoms with E-state index < -0.39 is 0 Å². The first-order valence-corrected chi connectivity index (χ1v) is 6.04. The molecule has 1 aliphatic rings. The highest BCUT2D eigenvalue weighted by molar-refractivity contribution is 4.88. The Kier molecular flexibility index (Phi) is 4.39. The van der Waals surface area contributed by atoms with Crippen LogP contribution in [0.2, 0.25) is 0 Å². The third-order valence-corrected chi connectivity index (χ3v) is 4.03. The van der Waals surface area contributed by atoms with E-state index in [1.165, 1.54) is 38.6 Å². The summed E-state index contributed by atoms with van der Waals surface area (Å²) in [6.45, 7) is 6.62. The molecule has 0 aromatic rings. The van der Waals surface area contributed by atoms with Gasteiger partial charge in [0.15, 0.2) is 0 Å². The summed E-state index contributed by atoms with van der Waals surface area (Å²) in [4.78, 5) is 2.48. The first-order chi connectivity index (χ1) is 6.63. The second kappa shape index (κ2) is 5.13. The summed E-state index contributed by atoms with van der Waals surface area (Å²) in [5.74, 6) is 0. The first kappa shape index (κ1) is 12.0. The minimum absolute atomic E-state index is 0.443. The lowest BCUT2D eigenvalue weighted by Crippen LogP contribution is -2.42. The van der Waals surface area contributed by atoms with E-state index in [1.54, 1.807) is 0 Å². The van der Waals surface area contributed by atoms with Gasteiger partial charge in [-0.1, -0.05) is 19.8 Å². The lowest BCUT2D eigenvalue weighted by Gasteiger charge is -2.35. The second-order valence-electron chi connectivity index (χ2n) is 5.08. The van der Waals surface area contributed by atoms with Gasteiger partial charge >= 0.3 is 0 Å². The van der Waals surface area contributed by atoms with Crippen LogP contribution in [0.5, 0.6) is 0 Å². The van der Waals surface area contributed by atoms with Crippen LogP contribution in [0.1, 0.15) is 46.0 Å². The van der Waals surface area contributed by atoms with E-state index in [0.29, 0.717) is 11.5 Å². The third kappa shape index (κ3) is 2.71. The van der Waals surface area contributed by atoms with Gasteiger partial charge in [-0.25, -0.2) is 0 Å². The summed E-state index contributed by atoms with van der Waals surface area (Å²) in [6.07, 6.45) is 6.67. The van der Waals surface area contributed by atoms with Gasteiger partial charge in [0.05, 0.1) is 0 Å². The Bertz CT molecular complexity index is 162. The summed E-state index contributed by atoms with van der Waals surface area (Å²) in [5.41, 5.74) is 6.37. The summed E-state index contributed by atoms with van der Waals surface area (Å²) in [5, 5.41) is 0. The molecule has 0 heterocycles. The highest BCUT2D eigenvalue weighted by Gasteiger charge is 2.33. The molecule has 1 unspecified atom stereocenters. The van der Waals surface area contributed by atoms with Crippen molar-refractivity contribution in [3.63, 3.8) is 0 Å². The molecular weight excluding hydrogens is 172 g/mol. The molecule has 0 spiro atoms. The molecule has 2 N–H and O–H groups in total. The SMILES string of the molecule is CCC(C)N(C)CC1(CN)CCCC1. The summed E-state index contributed by atoms with van der Waals surface area (Å²) in [7, 11) is 2.24. The molecule has 0 aromatic carbocycles. The van der Waals surface area contributed by atoms with E-state index in [1.807, 2.05) is 0 Å². The van der Waals surface area contributed by atoms with E-state index in [0.717, 1.165) is 6.54 Å². The average molecular weight is 198 g/mol. The fourth-order valence-corrected chi connectivity index (χ4v) is 2.55. The van der Waals surface area contributed by atoms with Gasteiger partial charge in [-0.2, -0.15) is 0 Å². The second-order valence-corrected chi connectivity index (χ2v) is 5.08. The molecule has 1 fully saturated rings. The van der Waals surface area contributed by atoms with Crippen LogP contribution < -0.4 is 5.73 Å². The number of hydrogen-bond donors (Lipinski definition) is 1. The van der Waals surface area contributed by atoms with Crippen LogP contribution in [-0.2, 0) is 0 Å². The molecule has 1 saturated carbocycles. The Labute approximate surface area is 88.8 Å². The van der Waals surface area contributed by atoms with E-state index in [-0.39, 0.29) is 0 Å². The molecule has 0 amide bonds. The lowest BCUT2D eigenvalue weighted by molar-refractivity contribution is 0.147. The molecular formula is C12H26N2. The molecule has 0 bridgehead atoms. The maximum atomic E-state index is 5.93. The van der Waals surface area contributed by atoms with Gasteiger partial charge in [0, 0.05) is 12.6 Å². The number of nitrogens with zero attached hydrogens (tertiary/aromatic N) is 1. The van der Waals surface area contributed by atoms with Crippen LogP contribution in [0.25, 0.3) is 0 Å². The minimum Gasteiger partial charge on any atom is -0.330 e. The van der Waals surface area contributed by atoms with Gasteiger partial charge in [-0.15, -0.1) is 0 Å². The Morgan fingerprint density at radius 1 is 1.36 bits per heavy atom. The van der Waals surface area contributed by atoms with E-state index in [2.05, 4.69) is 25.8 Å². The zero-order valence-electron chi connectivity index (χ0n) is 10.1.